The van der Waals surface area contributed by atoms with Gasteiger partial charge in [-0.1, -0.05) is 37.6 Å². The molecule has 1 atom stereocenters. The Kier molecular flexibility index (Phi) is 6.27. The summed E-state index contributed by atoms with van der Waals surface area (Å²) in [5, 5.41) is 0.775. The highest BCUT2D eigenvalue weighted by Gasteiger charge is 2.37. The summed E-state index contributed by atoms with van der Waals surface area (Å²) in [6.07, 6.45) is 2.97. The van der Waals surface area contributed by atoms with Crippen molar-refractivity contribution in [1.29, 1.82) is 0 Å². The van der Waals surface area contributed by atoms with Gasteiger partial charge in [0.1, 0.15) is 0 Å². The van der Waals surface area contributed by atoms with Crippen molar-refractivity contribution in [2.75, 3.05) is 14.1 Å². The van der Waals surface area contributed by atoms with Crippen LogP contribution in [0.2, 0.25) is 5.02 Å². The van der Waals surface area contributed by atoms with Crippen molar-refractivity contribution >= 4 is 11.6 Å². The van der Waals surface area contributed by atoms with Crippen molar-refractivity contribution in [2.24, 2.45) is 5.84 Å². The average Bonchev–Trinajstić information content (AvgIpc) is 2.39. The number of benzene rings is 1. The Balaban J connectivity index is 2.98. The molecule has 108 valence electrons. The summed E-state index contributed by atoms with van der Waals surface area (Å²) in [4.78, 5) is 2.28. The van der Waals surface area contributed by atoms with Crippen molar-refractivity contribution in [2.45, 2.75) is 44.7 Å². The normalized spacial score (nSPS) is 13.8. The maximum absolute atomic E-state index is 6.05. The monoisotopic (exact) mass is 283 g/mol. The summed E-state index contributed by atoms with van der Waals surface area (Å²) in [5.41, 5.74) is 4.27. The number of nitrogens with zero attached hydrogens (tertiary/aromatic N) is 1. The Bertz CT molecular complexity index is 389. The van der Waals surface area contributed by atoms with Crippen molar-refractivity contribution < 1.29 is 0 Å². The average molecular weight is 284 g/mol. The molecule has 0 fully saturated rings. The summed E-state index contributed by atoms with van der Waals surface area (Å²) in [7, 11) is 4.24. The summed E-state index contributed by atoms with van der Waals surface area (Å²) in [6, 6.07) is 8.19. The number of halogens is 1. The molecule has 1 rings (SSSR count). The first kappa shape index (κ1) is 16.4. The highest BCUT2D eigenvalue weighted by atomic mass is 35.5. The second kappa shape index (κ2) is 7.25. The van der Waals surface area contributed by atoms with Crippen molar-refractivity contribution in [1.82, 2.24) is 10.3 Å². The number of hydrazine groups is 1. The van der Waals surface area contributed by atoms with Crippen molar-refractivity contribution in [3.63, 3.8) is 0 Å². The van der Waals surface area contributed by atoms with Crippen molar-refractivity contribution in [3.05, 3.63) is 34.9 Å². The summed E-state index contributed by atoms with van der Waals surface area (Å²) in [5.74, 6) is 5.82. The Morgan fingerprint density at radius 2 is 1.95 bits per heavy atom. The first-order chi connectivity index (χ1) is 9.00. The highest BCUT2D eigenvalue weighted by molar-refractivity contribution is 6.30. The molecule has 0 saturated heterocycles. The minimum Gasteiger partial charge on any atom is -0.302 e. The molecule has 19 heavy (non-hydrogen) atoms. The number of rotatable bonds is 7. The van der Waals surface area contributed by atoms with E-state index in [0.717, 1.165) is 24.3 Å². The van der Waals surface area contributed by atoms with Gasteiger partial charge in [0.25, 0.3) is 0 Å². The third-order valence-electron chi connectivity index (χ3n) is 4.29. The van der Waals surface area contributed by atoms with E-state index in [2.05, 4.69) is 44.3 Å². The molecule has 1 aromatic rings. The van der Waals surface area contributed by atoms with Gasteiger partial charge in [-0.2, -0.15) is 0 Å². The van der Waals surface area contributed by atoms with Gasteiger partial charge >= 0.3 is 0 Å². The molecule has 3 N–H and O–H groups in total. The van der Waals surface area contributed by atoms with E-state index in [9.17, 15) is 0 Å². The van der Waals surface area contributed by atoms with E-state index < -0.39 is 0 Å². The molecular weight excluding hydrogens is 258 g/mol. The van der Waals surface area contributed by atoms with Gasteiger partial charge in [0.15, 0.2) is 0 Å². The maximum atomic E-state index is 6.05. The third kappa shape index (κ3) is 3.69. The summed E-state index contributed by atoms with van der Waals surface area (Å²) in [6.45, 7) is 4.43. The zero-order valence-electron chi connectivity index (χ0n) is 12.4. The van der Waals surface area contributed by atoms with Crippen LogP contribution in [-0.2, 0) is 6.42 Å². The number of likely N-dealkylation sites (N-methyl/N-ethyl adjacent to an activating group) is 1. The van der Waals surface area contributed by atoms with Crippen LogP contribution in [-0.4, -0.2) is 30.6 Å². The van der Waals surface area contributed by atoms with Gasteiger partial charge in [-0.25, -0.2) is 0 Å². The molecule has 3 nitrogen and oxygen atoms in total. The van der Waals surface area contributed by atoms with E-state index in [4.69, 9.17) is 17.4 Å². The van der Waals surface area contributed by atoms with E-state index >= 15 is 0 Å². The minimum absolute atomic E-state index is 0.0526. The summed E-state index contributed by atoms with van der Waals surface area (Å²) < 4.78 is 0. The lowest BCUT2D eigenvalue weighted by Crippen LogP contribution is -2.61. The van der Waals surface area contributed by atoms with Gasteiger partial charge in [0.2, 0.25) is 0 Å². The van der Waals surface area contributed by atoms with Gasteiger partial charge in [-0.15, -0.1) is 0 Å². The minimum atomic E-state index is 0.0526. The lowest BCUT2D eigenvalue weighted by Gasteiger charge is -2.45. The molecule has 0 amide bonds. The predicted octanol–water partition coefficient (Wildman–Crippen LogP) is 2.83. The van der Waals surface area contributed by atoms with Crippen LogP contribution < -0.4 is 11.3 Å². The first-order valence-electron chi connectivity index (χ1n) is 6.88. The fraction of sp³-hybridized carbons (Fsp3) is 0.600. The SMILES string of the molecule is CCC(CC)(C(Cc1cccc(Cl)c1)NN)N(C)C. The Labute approximate surface area is 122 Å². The number of nitrogens with one attached hydrogen (secondary N) is 1. The fourth-order valence-corrected chi connectivity index (χ4v) is 3.20. The second-order valence-electron chi connectivity index (χ2n) is 5.26. The van der Waals surface area contributed by atoms with Gasteiger partial charge in [-0.05, 0) is 51.1 Å². The lowest BCUT2D eigenvalue weighted by atomic mass is 9.80. The van der Waals surface area contributed by atoms with Gasteiger partial charge in [-0.3, -0.25) is 11.3 Å². The first-order valence-corrected chi connectivity index (χ1v) is 7.26. The topological polar surface area (TPSA) is 41.3 Å². The van der Waals surface area contributed by atoms with Gasteiger partial charge < -0.3 is 4.90 Å². The van der Waals surface area contributed by atoms with E-state index in [1.54, 1.807) is 0 Å². The molecule has 1 unspecified atom stereocenters. The largest absolute Gasteiger partial charge is 0.302 e. The third-order valence-corrected chi connectivity index (χ3v) is 4.53. The van der Waals surface area contributed by atoms with Crippen LogP contribution >= 0.6 is 11.6 Å². The van der Waals surface area contributed by atoms with Gasteiger partial charge in [0.05, 0.1) is 0 Å². The maximum Gasteiger partial charge on any atom is 0.0434 e. The van der Waals surface area contributed by atoms with Crippen molar-refractivity contribution in [3.8, 4) is 0 Å². The molecule has 0 aliphatic heterocycles. The predicted molar refractivity (Wildman–Crippen MR) is 83.3 cm³/mol. The highest BCUT2D eigenvalue weighted by Crippen LogP contribution is 2.28. The van der Waals surface area contributed by atoms with Crippen LogP contribution in [0.1, 0.15) is 32.3 Å². The molecule has 0 radical (unpaired) electrons. The van der Waals surface area contributed by atoms with Crippen LogP contribution in [0.15, 0.2) is 24.3 Å². The van der Waals surface area contributed by atoms with E-state index in [-0.39, 0.29) is 11.6 Å². The molecule has 0 aromatic heterocycles. The van der Waals surface area contributed by atoms with Crippen LogP contribution in [0.5, 0.6) is 0 Å². The quantitative estimate of drug-likeness (QED) is 0.597. The fourth-order valence-electron chi connectivity index (χ4n) is 2.99. The summed E-state index contributed by atoms with van der Waals surface area (Å²) >= 11 is 6.05. The lowest BCUT2D eigenvalue weighted by molar-refractivity contribution is 0.0882. The zero-order valence-corrected chi connectivity index (χ0v) is 13.2. The number of hydrogen-bond acceptors (Lipinski definition) is 3. The number of hydrogen-bond donors (Lipinski definition) is 2. The Hall–Kier alpha value is -0.610. The van der Waals surface area contributed by atoms with Gasteiger partial charge in [0, 0.05) is 16.6 Å². The van der Waals surface area contributed by atoms with E-state index in [0.29, 0.717) is 0 Å². The van der Waals surface area contributed by atoms with Crippen LogP contribution in [0.4, 0.5) is 0 Å². The molecule has 0 bridgehead atoms. The molecule has 0 spiro atoms. The Morgan fingerprint density at radius 1 is 1.32 bits per heavy atom. The smallest absolute Gasteiger partial charge is 0.0434 e. The van der Waals surface area contributed by atoms with Crippen LogP contribution in [0.3, 0.4) is 0 Å². The molecule has 0 saturated carbocycles. The van der Waals surface area contributed by atoms with Crippen LogP contribution in [0.25, 0.3) is 0 Å². The number of nitrogens with two attached hydrogens (primary N) is 1. The molecule has 0 heterocycles. The standard InChI is InChI=1S/C15H26ClN3/c1-5-15(6-2,19(3)4)14(18-17)11-12-8-7-9-13(16)10-12/h7-10,14,18H,5-6,11,17H2,1-4H3. The molecule has 1 aromatic carbocycles. The molecule has 0 aliphatic carbocycles. The second-order valence-corrected chi connectivity index (χ2v) is 5.69. The molecule has 0 aliphatic rings. The van der Waals surface area contributed by atoms with E-state index in [1.165, 1.54) is 5.56 Å². The molecule has 4 heteroatoms. The molecular formula is C15H26ClN3. The van der Waals surface area contributed by atoms with E-state index in [1.807, 2.05) is 18.2 Å². The Morgan fingerprint density at radius 3 is 2.37 bits per heavy atom. The zero-order chi connectivity index (χ0) is 14.5. The van der Waals surface area contributed by atoms with Crippen LogP contribution in [0, 0.1) is 0 Å².